The van der Waals surface area contributed by atoms with Crippen LogP contribution in [-0.4, -0.2) is 26.6 Å². The zero-order chi connectivity index (χ0) is 17.3. The Kier molecular flexibility index (Phi) is 4.32. The summed E-state index contributed by atoms with van der Waals surface area (Å²) in [7, 11) is -3.20. The molecule has 0 radical (unpaired) electrons. The van der Waals surface area contributed by atoms with E-state index < -0.39 is 10.0 Å². The number of benzene rings is 2. The number of carbonyl (C=O) groups excluding carboxylic acids is 1. The van der Waals surface area contributed by atoms with Crippen molar-refractivity contribution >= 4 is 27.3 Å². The second-order valence-corrected chi connectivity index (χ2v) is 8.02. The molecule has 126 valence electrons. The lowest BCUT2D eigenvalue weighted by Gasteiger charge is -2.19. The van der Waals surface area contributed by atoms with Crippen molar-refractivity contribution in [3.8, 4) is 0 Å². The molecular weight excluding hydrogens is 324 g/mol. The maximum atomic E-state index is 12.4. The Morgan fingerprint density at radius 1 is 1.08 bits per heavy atom. The maximum Gasteiger partial charge on any atom is 0.255 e. The number of nitrogens with one attached hydrogen (secondary N) is 1. The van der Waals surface area contributed by atoms with Crippen molar-refractivity contribution in [2.24, 2.45) is 0 Å². The summed E-state index contributed by atoms with van der Waals surface area (Å²) in [6.45, 7) is 4.26. The first kappa shape index (κ1) is 16.5. The van der Waals surface area contributed by atoms with E-state index in [1.807, 2.05) is 32.0 Å². The third kappa shape index (κ3) is 3.14. The molecule has 2 aromatic rings. The molecule has 5 nitrogen and oxygen atoms in total. The second kappa shape index (κ2) is 6.28. The summed E-state index contributed by atoms with van der Waals surface area (Å²) in [5.74, 6) is 0.0235. The number of carbonyl (C=O) groups is 1. The summed E-state index contributed by atoms with van der Waals surface area (Å²) < 4.78 is 25.5. The van der Waals surface area contributed by atoms with Gasteiger partial charge in [0, 0.05) is 17.8 Å². The predicted molar refractivity (Wildman–Crippen MR) is 96.1 cm³/mol. The molecule has 0 atom stereocenters. The van der Waals surface area contributed by atoms with Crippen LogP contribution >= 0.6 is 0 Å². The lowest BCUT2D eigenvalue weighted by atomic mass is 10.1. The molecule has 0 aromatic heterocycles. The summed E-state index contributed by atoms with van der Waals surface area (Å²) in [5, 5.41) is 2.90. The summed E-state index contributed by atoms with van der Waals surface area (Å²) in [4.78, 5) is 12.4. The molecule has 1 aliphatic heterocycles. The van der Waals surface area contributed by atoms with Gasteiger partial charge in [0.25, 0.3) is 5.91 Å². The first-order chi connectivity index (χ1) is 11.4. The SMILES string of the molecule is Cc1cc(N2CCCS2(=O)=O)ccc1NC(=O)c1ccccc1C. The van der Waals surface area contributed by atoms with Gasteiger partial charge in [-0.2, -0.15) is 0 Å². The maximum absolute atomic E-state index is 12.4. The Bertz CT molecular complexity index is 891. The first-order valence-electron chi connectivity index (χ1n) is 7.86. The second-order valence-electron chi connectivity index (χ2n) is 6.01. The van der Waals surface area contributed by atoms with E-state index in [-0.39, 0.29) is 11.7 Å². The van der Waals surface area contributed by atoms with E-state index >= 15 is 0 Å². The van der Waals surface area contributed by atoms with E-state index in [1.165, 1.54) is 4.31 Å². The standard InChI is InChI=1S/C18H20N2O3S/c1-13-6-3-4-7-16(13)18(21)19-17-9-8-15(12-14(17)2)20-10-5-11-24(20,22)23/h3-4,6-9,12H,5,10-11H2,1-2H3,(H,19,21). The van der Waals surface area contributed by atoms with Crippen LogP contribution in [0.4, 0.5) is 11.4 Å². The van der Waals surface area contributed by atoms with E-state index in [4.69, 9.17) is 0 Å². The number of anilines is 2. The Labute approximate surface area is 142 Å². The molecule has 1 heterocycles. The van der Waals surface area contributed by atoms with Crippen LogP contribution in [-0.2, 0) is 10.0 Å². The molecule has 1 fully saturated rings. The fraction of sp³-hybridized carbons (Fsp3) is 0.278. The summed E-state index contributed by atoms with van der Waals surface area (Å²) in [6.07, 6.45) is 0.646. The average molecular weight is 344 g/mol. The van der Waals surface area contributed by atoms with Crippen molar-refractivity contribution in [2.75, 3.05) is 21.9 Å². The van der Waals surface area contributed by atoms with Crippen LogP contribution in [0, 0.1) is 13.8 Å². The number of hydrogen-bond donors (Lipinski definition) is 1. The third-order valence-corrected chi connectivity index (χ3v) is 6.10. The van der Waals surface area contributed by atoms with Gasteiger partial charge in [0.15, 0.2) is 0 Å². The van der Waals surface area contributed by atoms with Crippen molar-refractivity contribution < 1.29 is 13.2 Å². The first-order valence-corrected chi connectivity index (χ1v) is 9.47. The van der Waals surface area contributed by atoms with E-state index in [0.29, 0.717) is 29.9 Å². The molecular formula is C18H20N2O3S. The normalized spacial score (nSPS) is 16.2. The van der Waals surface area contributed by atoms with E-state index in [9.17, 15) is 13.2 Å². The highest BCUT2D eigenvalue weighted by atomic mass is 32.2. The van der Waals surface area contributed by atoms with Crippen molar-refractivity contribution in [3.63, 3.8) is 0 Å². The zero-order valence-electron chi connectivity index (χ0n) is 13.7. The Balaban J connectivity index is 1.83. The van der Waals surface area contributed by atoms with Gasteiger partial charge in [-0.3, -0.25) is 9.10 Å². The lowest BCUT2D eigenvalue weighted by molar-refractivity contribution is 0.102. The molecule has 0 unspecified atom stereocenters. The Hall–Kier alpha value is -2.34. The molecule has 3 rings (SSSR count). The van der Waals surface area contributed by atoms with Gasteiger partial charge in [0.05, 0.1) is 11.4 Å². The van der Waals surface area contributed by atoms with Gasteiger partial charge < -0.3 is 5.32 Å². The topological polar surface area (TPSA) is 66.5 Å². The van der Waals surface area contributed by atoms with Crippen molar-refractivity contribution in [1.82, 2.24) is 0 Å². The van der Waals surface area contributed by atoms with Crippen LogP contribution in [0.25, 0.3) is 0 Å². The quantitative estimate of drug-likeness (QED) is 0.930. The minimum absolute atomic E-state index is 0.169. The fourth-order valence-electron chi connectivity index (χ4n) is 2.89. The molecule has 2 aromatic carbocycles. The van der Waals surface area contributed by atoms with Gasteiger partial charge in [-0.05, 0) is 55.7 Å². The highest BCUT2D eigenvalue weighted by Crippen LogP contribution is 2.28. The van der Waals surface area contributed by atoms with Crippen LogP contribution in [0.15, 0.2) is 42.5 Å². The van der Waals surface area contributed by atoms with Crippen molar-refractivity contribution in [3.05, 3.63) is 59.2 Å². The molecule has 1 amide bonds. The minimum atomic E-state index is -3.20. The number of sulfonamides is 1. The molecule has 24 heavy (non-hydrogen) atoms. The van der Waals surface area contributed by atoms with Gasteiger partial charge in [-0.15, -0.1) is 0 Å². The van der Waals surface area contributed by atoms with Crippen molar-refractivity contribution in [1.29, 1.82) is 0 Å². The average Bonchev–Trinajstić information content (AvgIpc) is 2.89. The molecule has 0 spiro atoms. The summed E-state index contributed by atoms with van der Waals surface area (Å²) in [6, 6.07) is 12.7. The van der Waals surface area contributed by atoms with Crippen LogP contribution in [0.5, 0.6) is 0 Å². The highest BCUT2D eigenvalue weighted by Gasteiger charge is 2.28. The molecule has 0 saturated carbocycles. The highest BCUT2D eigenvalue weighted by molar-refractivity contribution is 7.93. The number of aryl methyl sites for hydroxylation is 2. The number of hydrogen-bond acceptors (Lipinski definition) is 3. The van der Waals surface area contributed by atoms with Gasteiger partial charge in [0.1, 0.15) is 0 Å². The van der Waals surface area contributed by atoms with Crippen LogP contribution < -0.4 is 9.62 Å². The molecule has 1 saturated heterocycles. The van der Waals surface area contributed by atoms with E-state index in [1.54, 1.807) is 24.3 Å². The summed E-state index contributed by atoms with van der Waals surface area (Å²) >= 11 is 0. The molecule has 1 N–H and O–H groups in total. The van der Waals surface area contributed by atoms with Gasteiger partial charge >= 0.3 is 0 Å². The zero-order valence-corrected chi connectivity index (χ0v) is 14.6. The molecule has 1 aliphatic rings. The van der Waals surface area contributed by atoms with Gasteiger partial charge in [-0.1, -0.05) is 18.2 Å². The summed E-state index contributed by atoms with van der Waals surface area (Å²) in [5.41, 5.74) is 3.70. The Morgan fingerprint density at radius 2 is 1.83 bits per heavy atom. The van der Waals surface area contributed by atoms with Gasteiger partial charge in [-0.25, -0.2) is 8.42 Å². The van der Waals surface area contributed by atoms with Crippen molar-refractivity contribution in [2.45, 2.75) is 20.3 Å². The molecule has 6 heteroatoms. The fourth-order valence-corrected chi connectivity index (χ4v) is 4.45. The Morgan fingerprint density at radius 3 is 2.46 bits per heavy atom. The lowest BCUT2D eigenvalue weighted by Crippen LogP contribution is -2.25. The number of nitrogens with zero attached hydrogens (tertiary/aromatic N) is 1. The van der Waals surface area contributed by atoms with Crippen LogP contribution in [0.1, 0.15) is 27.9 Å². The van der Waals surface area contributed by atoms with Crippen LogP contribution in [0.2, 0.25) is 0 Å². The minimum Gasteiger partial charge on any atom is -0.322 e. The molecule has 0 aliphatic carbocycles. The van der Waals surface area contributed by atoms with E-state index in [0.717, 1.165) is 11.1 Å². The number of amides is 1. The van der Waals surface area contributed by atoms with Gasteiger partial charge in [0.2, 0.25) is 10.0 Å². The predicted octanol–water partition coefficient (Wildman–Crippen LogP) is 3.10. The smallest absolute Gasteiger partial charge is 0.255 e. The number of rotatable bonds is 3. The van der Waals surface area contributed by atoms with E-state index in [2.05, 4.69) is 5.32 Å². The largest absolute Gasteiger partial charge is 0.322 e. The third-order valence-electron chi connectivity index (χ3n) is 4.24. The van der Waals surface area contributed by atoms with Crippen LogP contribution in [0.3, 0.4) is 0 Å². The molecule has 0 bridgehead atoms. The monoisotopic (exact) mass is 344 g/mol.